The van der Waals surface area contributed by atoms with E-state index in [1.165, 1.54) is 16.9 Å². The van der Waals surface area contributed by atoms with Crippen LogP contribution in [-0.2, 0) is 11.2 Å². The first kappa shape index (κ1) is 17.0. The Bertz CT molecular complexity index is 750. The molecular weight excluding hydrogens is 304 g/mol. The summed E-state index contributed by atoms with van der Waals surface area (Å²) in [6.45, 7) is 5.99. The Morgan fingerprint density at radius 1 is 1.35 bits per heavy atom. The Morgan fingerprint density at radius 3 is 2.57 bits per heavy atom. The molecule has 0 radical (unpaired) electrons. The molecule has 0 saturated heterocycles. The van der Waals surface area contributed by atoms with Gasteiger partial charge in [-0.3, -0.25) is 4.79 Å². The lowest BCUT2D eigenvalue weighted by atomic mass is 10.0. The molecule has 3 nitrogen and oxygen atoms in total. The lowest BCUT2D eigenvalue weighted by Gasteiger charge is -2.14. The van der Waals surface area contributed by atoms with Crippen LogP contribution >= 0.6 is 11.3 Å². The highest BCUT2D eigenvalue weighted by Gasteiger charge is 2.14. The first-order valence-electron chi connectivity index (χ1n) is 7.60. The summed E-state index contributed by atoms with van der Waals surface area (Å²) in [5, 5.41) is 14.1. The van der Waals surface area contributed by atoms with Gasteiger partial charge in [0.1, 0.15) is 11.6 Å². The third-order valence-corrected chi connectivity index (χ3v) is 4.74. The predicted molar refractivity (Wildman–Crippen MR) is 95.0 cm³/mol. The zero-order valence-electron chi connectivity index (χ0n) is 13.6. The molecule has 2 rings (SSSR count). The molecule has 118 valence electrons. The number of amides is 1. The van der Waals surface area contributed by atoms with E-state index in [4.69, 9.17) is 0 Å². The molecule has 0 bridgehead atoms. The molecule has 0 unspecified atom stereocenters. The van der Waals surface area contributed by atoms with E-state index >= 15 is 0 Å². The minimum atomic E-state index is -0.340. The molecule has 0 aliphatic heterocycles. The van der Waals surface area contributed by atoms with Crippen LogP contribution in [0.15, 0.2) is 41.3 Å². The molecule has 1 amide bonds. The number of carbonyl (C=O) groups is 1. The van der Waals surface area contributed by atoms with Crippen LogP contribution in [0.4, 0.5) is 0 Å². The topological polar surface area (TPSA) is 52.9 Å². The van der Waals surface area contributed by atoms with Gasteiger partial charge in [0, 0.05) is 4.88 Å². The number of rotatable bonds is 5. The maximum absolute atomic E-state index is 12.3. The lowest BCUT2D eigenvalue weighted by Crippen LogP contribution is -2.27. The van der Waals surface area contributed by atoms with Crippen LogP contribution in [0.3, 0.4) is 0 Å². The van der Waals surface area contributed by atoms with E-state index in [0.717, 1.165) is 22.4 Å². The largest absolute Gasteiger partial charge is 0.345 e. The van der Waals surface area contributed by atoms with E-state index in [9.17, 15) is 10.1 Å². The van der Waals surface area contributed by atoms with Gasteiger partial charge < -0.3 is 5.32 Å². The van der Waals surface area contributed by atoms with Crippen LogP contribution in [-0.4, -0.2) is 5.91 Å². The maximum atomic E-state index is 12.3. The summed E-state index contributed by atoms with van der Waals surface area (Å²) in [5.74, 6) is -0.340. The Morgan fingerprint density at radius 2 is 2.04 bits per heavy atom. The fourth-order valence-corrected chi connectivity index (χ4v) is 3.07. The quantitative estimate of drug-likeness (QED) is 0.654. The van der Waals surface area contributed by atoms with Gasteiger partial charge in [0.15, 0.2) is 0 Å². The lowest BCUT2D eigenvalue weighted by molar-refractivity contribution is -0.117. The van der Waals surface area contributed by atoms with Crippen molar-refractivity contribution in [3.63, 3.8) is 0 Å². The van der Waals surface area contributed by atoms with Crippen molar-refractivity contribution in [2.75, 3.05) is 0 Å². The Balaban J connectivity index is 2.11. The van der Waals surface area contributed by atoms with E-state index in [2.05, 4.69) is 24.4 Å². The minimum Gasteiger partial charge on any atom is -0.345 e. The van der Waals surface area contributed by atoms with Gasteiger partial charge in [-0.15, -0.1) is 11.3 Å². The maximum Gasteiger partial charge on any atom is 0.262 e. The molecule has 0 aliphatic rings. The third-order valence-electron chi connectivity index (χ3n) is 3.78. The molecule has 0 spiro atoms. The van der Waals surface area contributed by atoms with Gasteiger partial charge in [-0.05, 0) is 54.5 Å². The molecule has 23 heavy (non-hydrogen) atoms. The molecule has 0 fully saturated rings. The molecule has 1 aromatic carbocycles. The van der Waals surface area contributed by atoms with Gasteiger partial charge in [-0.25, -0.2) is 0 Å². The van der Waals surface area contributed by atoms with Crippen molar-refractivity contribution < 1.29 is 4.79 Å². The monoisotopic (exact) mass is 324 g/mol. The molecule has 1 heterocycles. The summed E-state index contributed by atoms with van der Waals surface area (Å²) in [5.41, 5.74) is 3.49. The van der Waals surface area contributed by atoms with Gasteiger partial charge in [0.05, 0.1) is 6.04 Å². The number of aryl methyl sites for hydroxylation is 2. The van der Waals surface area contributed by atoms with Crippen molar-refractivity contribution in [3.8, 4) is 6.07 Å². The summed E-state index contributed by atoms with van der Waals surface area (Å²) < 4.78 is 0. The van der Waals surface area contributed by atoms with E-state index in [1.54, 1.807) is 6.08 Å². The van der Waals surface area contributed by atoms with Gasteiger partial charge in [-0.1, -0.05) is 31.2 Å². The van der Waals surface area contributed by atoms with Crippen molar-refractivity contribution in [3.05, 3.63) is 62.9 Å². The smallest absolute Gasteiger partial charge is 0.262 e. The second-order valence-electron chi connectivity index (χ2n) is 5.43. The van der Waals surface area contributed by atoms with Gasteiger partial charge in [0.2, 0.25) is 0 Å². The van der Waals surface area contributed by atoms with E-state index in [0.29, 0.717) is 0 Å². The average molecular weight is 324 g/mol. The zero-order valence-corrected chi connectivity index (χ0v) is 14.4. The SMILES string of the molecule is CCc1ccc([C@H](C)NC(=O)/C(C#N)=C\c2sccc2C)cc1. The Kier molecular flexibility index (Phi) is 5.72. The van der Waals surface area contributed by atoms with Crippen LogP contribution in [0, 0.1) is 18.3 Å². The summed E-state index contributed by atoms with van der Waals surface area (Å²) in [4.78, 5) is 13.3. The van der Waals surface area contributed by atoms with E-state index in [-0.39, 0.29) is 17.5 Å². The van der Waals surface area contributed by atoms with Crippen molar-refractivity contribution in [2.24, 2.45) is 0 Å². The first-order chi connectivity index (χ1) is 11.0. The molecule has 0 saturated carbocycles. The van der Waals surface area contributed by atoms with Crippen LogP contribution in [0.5, 0.6) is 0 Å². The standard InChI is InChI=1S/C19H20N2OS/c1-4-15-5-7-16(8-6-15)14(3)21-19(22)17(12-20)11-18-13(2)9-10-23-18/h5-11,14H,4H2,1-3H3,(H,21,22)/b17-11-/t14-/m0/s1. The summed E-state index contributed by atoms with van der Waals surface area (Å²) >= 11 is 1.52. The van der Waals surface area contributed by atoms with Gasteiger partial charge >= 0.3 is 0 Å². The number of carbonyl (C=O) groups excluding carboxylic acids is 1. The average Bonchev–Trinajstić information content (AvgIpc) is 2.97. The first-order valence-corrected chi connectivity index (χ1v) is 8.48. The highest BCUT2D eigenvalue weighted by Crippen LogP contribution is 2.20. The molecule has 1 N–H and O–H groups in total. The van der Waals surface area contributed by atoms with Crippen molar-refractivity contribution >= 4 is 23.3 Å². The fraction of sp³-hybridized carbons (Fsp3) is 0.263. The molecule has 0 aliphatic carbocycles. The normalized spacial score (nSPS) is 12.5. The summed E-state index contributed by atoms with van der Waals surface area (Å²) in [6, 6.07) is 12.0. The van der Waals surface area contributed by atoms with E-state index < -0.39 is 0 Å². The van der Waals surface area contributed by atoms with Gasteiger partial charge in [0.25, 0.3) is 5.91 Å². The van der Waals surface area contributed by atoms with Crippen LogP contribution in [0.25, 0.3) is 6.08 Å². The number of nitrogens with one attached hydrogen (secondary N) is 1. The van der Waals surface area contributed by atoms with Crippen molar-refractivity contribution in [1.29, 1.82) is 5.26 Å². The van der Waals surface area contributed by atoms with Crippen molar-refractivity contribution in [1.82, 2.24) is 5.32 Å². The second-order valence-corrected chi connectivity index (χ2v) is 6.38. The Labute approximate surface area is 141 Å². The number of nitrogens with zero attached hydrogens (tertiary/aromatic N) is 1. The number of thiophene rings is 1. The number of hydrogen-bond acceptors (Lipinski definition) is 3. The zero-order chi connectivity index (χ0) is 16.8. The minimum absolute atomic E-state index is 0.132. The molecule has 2 aromatic rings. The summed E-state index contributed by atoms with van der Waals surface area (Å²) in [6.07, 6.45) is 2.64. The van der Waals surface area contributed by atoms with Crippen LogP contribution in [0.1, 0.15) is 41.5 Å². The Hall–Kier alpha value is -2.38. The van der Waals surface area contributed by atoms with Crippen LogP contribution in [0.2, 0.25) is 0 Å². The number of nitriles is 1. The molecule has 4 heteroatoms. The third kappa shape index (κ3) is 4.30. The predicted octanol–water partition coefficient (Wildman–Crippen LogP) is 4.40. The summed E-state index contributed by atoms with van der Waals surface area (Å²) in [7, 11) is 0. The van der Waals surface area contributed by atoms with Crippen LogP contribution < -0.4 is 5.32 Å². The second kappa shape index (κ2) is 7.75. The number of benzene rings is 1. The fourth-order valence-electron chi connectivity index (χ4n) is 2.21. The van der Waals surface area contributed by atoms with E-state index in [1.807, 2.05) is 43.5 Å². The number of hydrogen-bond donors (Lipinski definition) is 1. The highest BCUT2D eigenvalue weighted by molar-refractivity contribution is 7.11. The molecular formula is C19H20N2OS. The van der Waals surface area contributed by atoms with Gasteiger partial charge in [-0.2, -0.15) is 5.26 Å². The molecule has 1 atom stereocenters. The molecule has 1 aromatic heterocycles. The van der Waals surface area contributed by atoms with Crippen molar-refractivity contribution in [2.45, 2.75) is 33.2 Å². The highest BCUT2D eigenvalue weighted by atomic mass is 32.1.